The molecule has 0 atom stereocenters. The first-order chi connectivity index (χ1) is 12.7. The number of methoxy groups -OCH3 is 2. The van der Waals surface area contributed by atoms with Crippen LogP contribution in [-0.4, -0.2) is 44.4 Å². The maximum Gasteiger partial charge on any atom is 0.241 e. The van der Waals surface area contributed by atoms with E-state index in [1.54, 1.807) is 32.8 Å². The number of carbonyl (C=O) groups is 1. The van der Waals surface area contributed by atoms with Gasteiger partial charge in [0.2, 0.25) is 5.91 Å². The lowest BCUT2D eigenvalue weighted by Gasteiger charge is -2.10. The molecule has 1 aromatic heterocycles. The summed E-state index contributed by atoms with van der Waals surface area (Å²) < 4.78 is 10.5. The topological polar surface area (TPSA) is 84.8 Å². The van der Waals surface area contributed by atoms with Crippen molar-refractivity contribution < 1.29 is 14.3 Å². The SMILES string of the molecule is COc1ccc(CCNCCC(=O)N/N=C/c2cccnc2)cc1OC. The number of hydrogen-bond acceptors (Lipinski definition) is 6. The Morgan fingerprint density at radius 3 is 2.77 bits per heavy atom. The lowest BCUT2D eigenvalue weighted by Crippen LogP contribution is -2.25. The lowest BCUT2D eigenvalue weighted by atomic mass is 10.1. The number of carbonyl (C=O) groups excluding carboxylic acids is 1. The highest BCUT2D eigenvalue weighted by atomic mass is 16.5. The van der Waals surface area contributed by atoms with E-state index >= 15 is 0 Å². The Bertz CT molecular complexity index is 720. The first-order valence-corrected chi connectivity index (χ1v) is 8.36. The van der Waals surface area contributed by atoms with Gasteiger partial charge in [0.1, 0.15) is 0 Å². The molecule has 2 N–H and O–H groups in total. The number of benzene rings is 1. The average molecular weight is 356 g/mol. The molecule has 1 aromatic carbocycles. The van der Waals surface area contributed by atoms with Crippen molar-refractivity contribution in [3.63, 3.8) is 0 Å². The minimum Gasteiger partial charge on any atom is -0.493 e. The standard InChI is InChI=1S/C19H24N4O3/c1-25-17-6-5-15(12-18(17)26-2)7-10-20-11-8-19(24)23-22-14-16-4-3-9-21-13-16/h3-6,9,12-14,20H,7-8,10-11H2,1-2H3,(H,23,24)/b22-14+. The van der Waals surface area contributed by atoms with E-state index in [1.807, 2.05) is 30.3 Å². The normalized spacial score (nSPS) is 10.7. The molecule has 7 heteroatoms. The molecule has 26 heavy (non-hydrogen) atoms. The maximum absolute atomic E-state index is 11.7. The van der Waals surface area contributed by atoms with Crippen LogP contribution in [-0.2, 0) is 11.2 Å². The monoisotopic (exact) mass is 356 g/mol. The van der Waals surface area contributed by atoms with Gasteiger partial charge in [-0.15, -0.1) is 0 Å². The van der Waals surface area contributed by atoms with E-state index in [4.69, 9.17) is 9.47 Å². The number of nitrogens with one attached hydrogen (secondary N) is 2. The van der Waals surface area contributed by atoms with Crippen LogP contribution in [0.2, 0.25) is 0 Å². The molecule has 2 aromatic rings. The summed E-state index contributed by atoms with van der Waals surface area (Å²) in [5, 5.41) is 7.15. The highest BCUT2D eigenvalue weighted by Gasteiger charge is 2.04. The summed E-state index contributed by atoms with van der Waals surface area (Å²) in [6, 6.07) is 9.52. The van der Waals surface area contributed by atoms with Crippen molar-refractivity contribution in [2.75, 3.05) is 27.3 Å². The van der Waals surface area contributed by atoms with Crippen LogP contribution in [0.4, 0.5) is 0 Å². The average Bonchev–Trinajstić information content (AvgIpc) is 2.68. The van der Waals surface area contributed by atoms with Crippen molar-refractivity contribution in [2.45, 2.75) is 12.8 Å². The van der Waals surface area contributed by atoms with E-state index in [-0.39, 0.29) is 5.91 Å². The fourth-order valence-corrected chi connectivity index (χ4v) is 2.28. The van der Waals surface area contributed by atoms with Crippen LogP contribution in [0.1, 0.15) is 17.5 Å². The first kappa shape index (κ1) is 19.4. The van der Waals surface area contributed by atoms with Gasteiger partial charge in [-0.25, -0.2) is 5.43 Å². The predicted molar refractivity (Wildman–Crippen MR) is 101 cm³/mol. The summed E-state index contributed by atoms with van der Waals surface area (Å²) in [5.41, 5.74) is 4.47. The molecule has 138 valence electrons. The van der Waals surface area contributed by atoms with Gasteiger partial charge in [-0.2, -0.15) is 5.10 Å². The van der Waals surface area contributed by atoms with E-state index in [9.17, 15) is 4.79 Å². The van der Waals surface area contributed by atoms with E-state index < -0.39 is 0 Å². The zero-order chi connectivity index (χ0) is 18.6. The van der Waals surface area contributed by atoms with Crippen LogP contribution < -0.4 is 20.2 Å². The first-order valence-electron chi connectivity index (χ1n) is 8.36. The van der Waals surface area contributed by atoms with Crippen LogP contribution in [0, 0.1) is 0 Å². The van der Waals surface area contributed by atoms with Gasteiger partial charge in [0, 0.05) is 30.9 Å². The van der Waals surface area contributed by atoms with E-state index in [1.165, 1.54) is 0 Å². The summed E-state index contributed by atoms with van der Waals surface area (Å²) >= 11 is 0. The van der Waals surface area contributed by atoms with Crippen molar-refractivity contribution >= 4 is 12.1 Å². The molecule has 0 bridgehead atoms. The van der Waals surface area contributed by atoms with Gasteiger partial charge in [0.15, 0.2) is 11.5 Å². The number of ether oxygens (including phenoxy) is 2. The highest BCUT2D eigenvalue weighted by molar-refractivity contribution is 5.82. The van der Waals surface area contributed by atoms with Gasteiger partial charge in [-0.05, 0) is 36.7 Å². The smallest absolute Gasteiger partial charge is 0.241 e. The molecule has 7 nitrogen and oxygen atoms in total. The number of aromatic nitrogens is 1. The molecule has 1 amide bonds. The second kappa shape index (κ2) is 10.8. The number of rotatable bonds is 10. The van der Waals surface area contributed by atoms with Gasteiger partial charge in [0.25, 0.3) is 0 Å². The Morgan fingerprint density at radius 1 is 1.19 bits per heavy atom. The molecule has 0 aliphatic heterocycles. The summed E-state index contributed by atoms with van der Waals surface area (Å²) in [6.45, 7) is 1.35. The Morgan fingerprint density at radius 2 is 2.04 bits per heavy atom. The van der Waals surface area contributed by atoms with E-state index in [0.717, 1.165) is 29.8 Å². The van der Waals surface area contributed by atoms with Crippen LogP contribution >= 0.6 is 0 Å². The van der Waals surface area contributed by atoms with Gasteiger partial charge in [0.05, 0.1) is 20.4 Å². The Labute approximate surface area is 153 Å². The predicted octanol–water partition coefficient (Wildman–Crippen LogP) is 1.77. The number of nitrogens with zero attached hydrogens (tertiary/aromatic N) is 2. The third-order valence-corrected chi connectivity index (χ3v) is 3.65. The molecular weight excluding hydrogens is 332 g/mol. The molecule has 0 aliphatic carbocycles. The number of hydrazone groups is 1. The minimum absolute atomic E-state index is 0.135. The molecule has 0 unspecified atom stereocenters. The minimum atomic E-state index is -0.135. The molecule has 0 aliphatic rings. The highest BCUT2D eigenvalue weighted by Crippen LogP contribution is 2.27. The van der Waals surface area contributed by atoms with Crippen molar-refractivity contribution in [1.82, 2.24) is 15.7 Å². The summed E-state index contributed by atoms with van der Waals surface area (Å²) in [6.07, 6.45) is 6.11. The molecule has 0 fully saturated rings. The summed E-state index contributed by atoms with van der Waals surface area (Å²) in [7, 11) is 3.24. The largest absolute Gasteiger partial charge is 0.493 e. The van der Waals surface area contributed by atoms with Crippen molar-refractivity contribution in [3.8, 4) is 11.5 Å². The second-order valence-electron chi connectivity index (χ2n) is 5.52. The van der Waals surface area contributed by atoms with Crippen LogP contribution in [0.25, 0.3) is 0 Å². The van der Waals surface area contributed by atoms with Crippen molar-refractivity contribution in [1.29, 1.82) is 0 Å². The third-order valence-electron chi connectivity index (χ3n) is 3.65. The third kappa shape index (κ3) is 6.52. The van der Waals surface area contributed by atoms with E-state index in [0.29, 0.717) is 18.7 Å². The van der Waals surface area contributed by atoms with Gasteiger partial charge < -0.3 is 14.8 Å². The Balaban J connectivity index is 1.63. The molecule has 2 rings (SSSR count). The van der Waals surface area contributed by atoms with Crippen LogP contribution in [0.15, 0.2) is 47.8 Å². The summed E-state index contributed by atoms with van der Waals surface area (Å²) in [4.78, 5) is 15.7. The molecular formula is C19H24N4O3. The van der Waals surface area contributed by atoms with Gasteiger partial charge in [-0.3, -0.25) is 9.78 Å². The quantitative estimate of drug-likeness (QED) is 0.385. The Kier molecular flexibility index (Phi) is 8.08. The molecule has 0 radical (unpaired) electrons. The zero-order valence-electron chi connectivity index (χ0n) is 15.1. The van der Waals surface area contributed by atoms with E-state index in [2.05, 4.69) is 20.8 Å². The summed E-state index contributed by atoms with van der Waals surface area (Å²) in [5.74, 6) is 1.30. The van der Waals surface area contributed by atoms with Crippen molar-refractivity contribution in [3.05, 3.63) is 53.9 Å². The second-order valence-corrected chi connectivity index (χ2v) is 5.52. The Hall–Kier alpha value is -2.93. The number of amides is 1. The van der Waals surface area contributed by atoms with Crippen molar-refractivity contribution in [2.24, 2.45) is 5.10 Å². The fourth-order valence-electron chi connectivity index (χ4n) is 2.28. The van der Waals surface area contributed by atoms with Crippen LogP contribution in [0.5, 0.6) is 11.5 Å². The lowest BCUT2D eigenvalue weighted by molar-refractivity contribution is -0.120. The number of pyridine rings is 1. The molecule has 0 saturated carbocycles. The molecule has 0 saturated heterocycles. The van der Waals surface area contributed by atoms with Crippen LogP contribution in [0.3, 0.4) is 0 Å². The molecule has 1 heterocycles. The maximum atomic E-state index is 11.7. The number of hydrogen-bond donors (Lipinski definition) is 2. The fraction of sp³-hybridized carbons (Fsp3) is 0.316. The zero-order valence-corrected chi connectivity index (χ0v) is 15.1. The van der Waals surface area contributed by atoms with Gasteiger partial charge >= 0.3 is 0 Å². The molecule has 0 spiro atoms. The van der Waals surface area contributed by atoms with Gasteiger partial charge in [-0.1, -0.05) is 12.1 Å².